The van der Waals surface area contributed by atoms with Crippen molar-refractivity contribution in [2.45, 2.75) is 13.3 Å². The average Bonchev–Trinajstić information content (AvgIpc) is 2.87. The number of carbonyl (C=O) groups is 3. The van der Waals surface area contributed by atoms with Gasteiger partial charge in [0, 0.05) is 17.8 Å². The Morgan fingerprint density at radius 3 is 2.36 bits per heavy atom. The van der Waals surface area contributed by atoms with Gasteiger partial charge in [-0.25, -0.2) is 0 Å². The molecule has 1 heterocycles. The van der Waals surface area contributed by atoms with Gasteiger partial charge in [-0.3, -0.25) is 19.3 Å². The van der Waals surface area contributed by atoms with E-state index >= 15 is 0 Å². The van der Waals surface area contributed by atoms with E-state index in [0.717, 1.165) is 0 Å². The molecule has 0 fully saturated rings. The van der Waals surface area contributed by atoms with Gasteiger partial charge in [0.05, 0.1) is 18.2 Å². The highest BCUT2D eigenvalue weighted by atomic mass is 16.5. The quantitative estimate of drug-likeness (QED) is 0.851. The van der Waals surface area contributed by atoms with E-state index in [2.05, 4.69) is 5.32 Å². The molecule has 1 aliphatic heterocycles. The smallest absolute Gasteiger partial charge is 0.261 e. The first-order valence-electron chi connectivity index (χ1n) is 8.00. The third-order valence-electron chi connectivity index (χ3n) is 4.03. The van der Waals surface area contributed by atoms with Crippen molar-refractivity contribution in [2.24, 2.45) is 0 Å². The maximum Gasteiger partial charge on any atom is 0.261 e. The molecular formula is C19H18N2O4. The van der Waals surface area contributed by atoms with Crippen LogP contribution >= 0.6 is 0 Å². The summed E-state index contributed by atoms with van der Waals surface area (Å²) in [5, 5.41) is 2.76. The topological polar surface area (TPSA) is 75.7 Å². The Bertz CT molecular complexity index is 843. The number of hydrogen-bond acceptors (Lipinski definition) is 4. The third-order valence-corrected chi connectivity index (χ3v) is 4.03. The van der Waals surface area contributed by atoms with Crippen molar-refractivity contribution < 1.29 is 19.1 Å². The molecule has 0 saturated heterocycles. The third kappa shape index (κ3) is 3.10. The van der Waals surface area contributed by atoms with E-state index in [4.69, 9.17) is 4.74 Å². The van der Waals surface area contributed by atoms with Crippen molar-refractivity contribution in [1.29, 1.82) is 0 Å². The van der Waals surface area contributed by atoms with E-state index in [9.17, 15) is 14.4 Å². The van der Waals surface area contributed by atoms with Crippen molar-refractivity contribution in [1.82, 2.24) is 4.90 Å². The molecule has 1 N–H and O–H groups in total. The summed E-state index contributed by atoms with van der Waals surface area (Å²) in [7, 11) is 1.57. The van der Waals surface area contributed by atoms with Crippen LogP contribution in [0, 0.1) is 0 Å². The van der Waals surface area contributed by atoms with Crippen LogP contribution in [0.5, 0.6) is 5.75 Å². The minimum absolute atomic E-state index is 0.279. The molecule has 6 nitrogen and oxygen atoms in total. The molecule has 2 aromatic carbocycles. The number of hydrogen-bond donors (Lipinski definition) is 1. The summed E-state index contributed by atoms with van der Waals surface area (Å²) in [6.07, 6.45) is 0.691. The zero-order valence-corrected chi connectivity index (χ0v) is 14.0. The van der Waals surface area contributed by atoms with Gasteiger partial charge in [-0.1, -0.05) is 6.92 Å². The zero-order chi connectivity index (χ0) is 18.0. The first kappa shape index (κ1) is 16.7. The predicted octanol–water partition coefficient (Wildman–Crippen LogP) is 2.95. The standard InChI is InChI=1S/C19H18N2O4/c1-3-10-21-18(23)15-9-4-12(11-16(15)19(21)24)17(22)20-13-5-7-14(25-2)8-6-13/h4-9,11H,3,10H2,1-2H3,(H,20,22). The van der Waals surface area contributed by atoms with Crippen molar-refractivity contribution in [3.05, 3.63) is 59.2 Å². The number of anilines is 1. The maximum atomic E-state index is 12.4. The lowest BCUT2D eigenvalue weighted by Gasteiger charge is -2.11. The summed E-state index contributed by atoms with van der Waals surface area (Å²) < 4.78 is 5.07. The minimum Gasteiger partial charge on any atom is -0.497 e. The highest BCUT2D eigenvalue weighted by molar-refractivity contribution is 6.22. The molecule has 128 valence electrons. The molecule has 25 heavy (non-hydrogen) atoms. The molecule has 0 radical (unpaired) electrons. The monoisotopic (exact) mass is 338 g/mol. The number of ether oxygens (including phenoxy) is 1. The number of methoxy groups -OCH3 is 1. The number of nitrogens with one attached hydrogen (secondary N) is 1. The van der Waals surface area contributed by atoms with Crippen LogP contribution in [-0.4, -0.2) is 36.3 Å². The summed E-state index contributed by atoms with van der Waals surface area (Å²) >= 11 is 0. The summed E-state index contributed by atoms with van der Waals surface area (Å²) in [5.41, 5.74) is 1.57. The second-order valence-corrected chi connectivity index (χ2v) is 5.70. The van der Waals surface area contributed by atoms with Crippen LogP contribution in [0.3, 0.4) is 0 Å². The minimum atomic E-state index is -0.346. The largest absolute Gasteiger partial charge is 0.497 e. The highest BCUT2D eigenvalue weighted by Crippen LogP contribution is 2.25. The van der Waals surface area contributed by atoms with Gasteiger partial charge in [0.2, 0.25) is 0 Å². The van der Waals surface area contributed by atoms with Gasteiger partial charge < -0.3 is 10.1 Å². The van der Waals surface area contributed by atoms with Crippen LogP contribution in [-0.2, 0) is 0 Å². The number of benzene rings is 2. The molecule has 0 aliphatic carbocycles. The van der Waals surface area contributed by atoms with E-state index in [1.807, 2.05) is 6.92 Å². The van der Waals surface area contributed by atoms with E-state index in [-0.39, 0.29) is 23.3 Å². The van der Waals surface area contributed by atoms with Crippen LogP contribution < -0.4 is 10.1 Å². The molecule has 0 unspecified atom stereocenters. The zero-order valence-electron chi connectivity index (χ0n) is 14.0. The molecular weight excluding hydrogens is 320 g/mol. The van der Waals surface area contributed by atoms with Crippen molar-refractivity contribution in [3.8, 4) is 5.75 Å². The Morgan fingerprint density at radius 1 is 1.04 bits per heavy atom. The van der Waals surface area contributed by atoms with E-state index in [0.29, 0.717) is 35.5 Å². The summed E-state index contributed by atoms with van der Waals surface area (Å²) in [4.78, 5) is 38.2. The molecule has 6 heteroatoms. The summed E-state index contributed by atoms with van der Waals surface area (Å²) in [5.74, 6) is -0.303. The highest BCUT2D eigenvalue weighted by Gasteiger charge is 2.35. The number of amides is 3. The fourth-order valence-corrected chi connectivity index (χ4v) is 2.74. The fraction of sp³-hybridized carbons (Fsp3) is 0.211. The predicted molar refractivity (Wildman–Crippen MR) is 93.0 cm³/mol. The average molecular weight is 338 g/mol. The van der Waals surface area contributed by atoms with Crippen molar-refractivity contribution in [2.75, 3.05) is 19.0 Å². The van der Waals surface area contributed by atoms with Crippen LogP contribution in [0.4, 0.5) is 5.69 Å². The first-order chi connectivity index (χ1) is 12.0. The Morgan fingerprint density at radius 2 is 1.72 bits per heavy atom. The molecule has 1 aliphatic rings. The Kier molecular flexibility index (Phi) is 4.52. The maximum absolute atomic E-state index is 12.4. The lowest BCUT2D eigenvalue weighted by molar-refractivity contribution is 0.0654. The Balaban J connectivity index is 1.81. The van der Waals surface area contributed by atoms with E-state index in [1.165, 1.54) is 17.0 Å². The second-order valence-electron chi connectivity index (χ2n) is 5.70. The second kappa shape index (κ2) is 6.76. The lowest BCUT2D eigenvalue weighted by atomic mass is 10.1. The van der Waals surface area contributed by atoms with Gasteiger partial charge >= 0.3 is 0 Å². The Labute approximate surface area is 145 Å². The normalized spacial score (nSPS) is 13.0. The molecule has 0 saturated carbocycles. The molecule has 3 amide bonds. The summed E-state index contributed by atoms with van der Waals surface area (Å²) in [6, 6.07) is 11.5. The number of imide groups is 1. The molecule has 0 aromatic heterocycles. The van der Waals surface area contributed by atoms with Crippen LogP contribution in [0.1, 0.15) is 44.4 Å². The molecule has 0 bridgehead atoms. The molecule has 0 spiro atoms. The Hall–Kier alpha value is -3.15. The van der Waals surface area contributed by atoms with Crippen molar-refractivity contribution >= 4 is 23.4 Å². The van der Waals surface area contributed by atoms with Gasteiger partial charge in [0.25, 0.3) is 17.7 Å². The van der Waals surface area contributed by atoms with Gasteiger partial charge in [0.1, 0.15) is 5.75 Å². The van der Waals surface area contributed by atoms with E-state index < -0.39 is 0 Å². The summed E-state index contributed by atoms with van der Waals surface area (Å²) in [6.45, 7) is 2.27. The number of nitrogens with zero attached hydrogens (tertiary/aromatic N) is 1. The van der Waals surface area contributed by atoms with Gasteiger partial charge in [-0.15, -0.1) is 0 Å². The molecule has 3 rings (SSSR count). The number of carbonyl (C=O) groups excluding carboxylic acids is 3. The molecule has 2 aromatic rings. The SMILES string of the molecule is CCCN1C(=O)c2ccc(C(=O)Nc3ccc(OC)cc3)cc2C1=O. The van der Waals surface area contributed by atoms with E-state index in [1.54, 1.807) is 37.4 Å². The van der Waals surface area contributed by atoms with Crippen LogP contribution in [0.25, 0.3) is 0 Å². The fourth-order valence-electron chi connectivity index (χ4n) is 2.74. The first-order valence-corrected chi connectivity index (χ1v) is 8.00. The number of rotatable bonds is 5. The van der Waals surface area contributed by atoms with Gasteiger partial charge in [-0.05, 0) is 48.9 Å². The van der Waals surface area contributed by atoms with Crippen LogP contribution in [0.15, 0.2) is 42.5 Å². The van der Waals surface area contributed by atoms with Gasteiger partial charge in [-0.2, -0.15) is 0 Å². The lowest BCUT2D eigenvalue weighted by Crippen LogP contribution is -2.30. The van der Waals surface area contributed by atoms with Crippen LogP contribution in [0.2, 0.25) is 0 Å². The van der Waals surface area contributed by atoms with Crippen molar-refractivity contribution in [3.63, 3.8) is 0 Å². The van der Waals surface area contributed by atoms with Gasteiger partial charge in [0.15, 0.2) is 0 Å². The molecule has 0 atom stereocenters. The number of fused-ring (bicyclic) bond motifs is 1.